The van der Waals surface area contributed by atoms with E-state index in [1.54, 1.807) is 13.1 Å². The molecule has 1 heterocycles. The second-order valence-corrected chi connectivity index (χ2v) is 4.35. The molecule has 104 valence electrons. The number of aromatic hydroxyl groups is 1. The smallest absolute Gasteiger partial charge is 0.146 e. The number of aryl methyl sites for hydroxylation is 1. The monoisotopic (exact) mass is 272 g/mol. The first kappa shape index (κ1) is 14.0. The summed E-state index contributed by atoms with van der Waals surface area (Å²) in [6.45, 7) is 2.42. The zero-order chi connectivity index (χ0) is 14.4. The highest BCUT2D eigenvalue weighted by Gasteiger charge is 2.10. The Labute approximate surface area is 117 Å². The van der Waals surface area contributed by atoms with Crippen LogP contribution < -0.4 is 0 Å². The van der Waals surface area contributed by atoms with Gasteiger partial charge in [0.25, 0.3) is 0 Å². The number of ether oxygens (including phenoxy) is 1. The molecule has 0 saturated carbocycles. The van der Waals surface area contributed by atoms with Crippen molar-refractivity contribution in [3.63, 3.8) is 0 Å². The molecule has 0 amide bonds. The van der Waals surface area contributed by atoms with Crippen molar-refractivity contribution in [3.05, 3.63) is 58.9 Å². The topological polar surface area (TPSA) is 74.9 Å². The molecular formula is C15H16N2O3. The molecule has 5 heteroatoms. The molecule has 0 aliphatic heterocycles. The van der Waals surface area contributed by atoms with Gasteiger partial charge >= 0.3 is 0 Å². The Morgan fingerprint density at radius 2 is 2.00 bits per heavy atom. The van der Waals surface area contributed by atoms with Gasteiger partial charge in [-0.2, -0.15) is 0 Å². The molecular weight excluding hydrogens is 256 g/mol. The van der Waals surface area contributed by atoms with E-state index in [0.717, 1.165) is 5.56 Å². The Morgan fingerprint density at radius 3 is 2.70 bits per heavy atom. The number of hydrogen-bond acceptors (Lipinski definition) is 5. The molecule has 0 spiro atoms. The third-order valence-corrected chi connectivity index (χ3v) is 2.91. The lowest BCUT2D eigenvalue weighted by atomic mass is 10.1. The van der Waals surface area contributed by atoms with Gasteiger partial charge in [-0.15, -0.1) is 0 Å². The Balaban J connectivity index is 2.08. The van der Waals surface area contributed by atoms with Crippen LogP contribution in [0.2, 0.25) is 0 Å². The van der Waals surface area contributed by atoms with Crippen molar-refractivity contribution in [2.24, 2.45) is 5.16 Å². The molecule has 2 N–H and O–H groups in total. The van der Waals surface area contributed by atoms with E-state index in [2.05, 4.69) is 10.1 Å². The number of benzene rings is 1. The fourth-order valence-corrected chi connectivity index (χ4v) is 1.82. The first-order valence-electron chi connectivity index (χ1n) is 6.19. The number of aromatic nitrogens is 1. The van der Waals surface area contributed by atoms with E-state index in [-0.39, 0.29) is 12.4 Å². The van der Waals surface area contributed by atoms with Crippen molar-refractivity contribution in [1.82, 2.24) is 4.98 Å². The summed E-state index contributed by atoms with van der Waals surface area (Å²) in [5, 5.41) is 21.5. The quantitative estimate of drug-likeness (QED) is 0.498. The number of pyridine rings is 1. The zero-order valence-electron chi connectivity index (χ0n) is 11.2. The van der Waals surface area contributed by atoms with E-state index >= 15 is 0 Å². The van der Waals surface area contributed by atoms with Gasteiger partial charge in [-0.1, -0.05) is 35.5 Å². The maximum atomic E-state index is 9.91. The van der Waals surface area contributed by atoms with Gasteiger partial charge in [0, 0.05) is 17.3 Å². The summed E-state index contributed by atoms with van der Waals surface area (Å²) >= 11 is 0. The minimum absolute atomic E-state index is 0.00334. The fraction of sp³-hybridized carbons (Fsp3) is 0.200. The van der Waals surface area contributed by atoms with Crippen molar-refractivity contribution < 1.29 is 15.1 Å². The van der Waals surface area contributed by atoms with Crippen LogP contribution in [-0.2, 0) is 18.0 Å². The second kappa shape index (κ2) is 6.68. The van der Waals surface area contributed by atoms with Gasteiger partial charge in [-0.3, -0.25) is 4.98 Å². The highest BCUT2D eigenvalue weighted by molar-refractivity contribution is 5.85. The lowest BCUT2D eigenvalue weighted by Gasteiger charge is -2.09. The summed E-state index contributed by atoms with van der Waals surface area (Å²) in [6, 6.07) is 9.78. The maximum absolute atomic E-state index is 9.91. The van der Waals surface area contributed by atoms with E-state index in [1.165, 1.54) is 6.21 Å². The van der Waals surface area contributed by atoms with Crippen LogP contribution in [0.25, 0.3) is 0 Å². The highest BCUT2D eigenvalue weighted by atomic mass is 16.5. The Morgan fingerprint density at radius 1 is 1.25 bits per heavy atom. The third-order valence-electron chi connectivity index (χ3n) is 2.91. The predicted molar refractivity (Wildman–Crippen MR) is 75.0 cm³/mol. The summed E-state index contributed by atoms with van der Waals surface area (Å²) in [4.78, 5) is 4.07. The van der Waals surface area contributed by atoms with Gasteiger partial charge in [-0.25, -0.2) is 0 Å². The normalized spacial score (nSPS) is 11.1. The predicted octanol–water partition coefficient (Wildman–Crippen LogP) is 2.62. The van der Waals surface area contributed by atoms with Gasteiger partial charge in [0.15, 0.2) is 0 Å². The molecule has 5 nitrogen and oxygen atoms in total. The summed E-state index contributed by atoms with van der Waals surface area (Å²) in [5.41, 5.74) is 2.63. The van der Waals surface area contributed by atoms with Crippen LogP contribution in [0.15, 0.2) is 41.7 Å². The minimum atomic E-state index is 0.00334. The average molecular weight is 272 g/mol. The minimum Gasteiger partial charge on any atom is -0.505 e. The van der Waals surface area contributed by atoms with Gasteiger partial charge in [-0.05, 0) is 12.5 Å². The van der Waals surface area contributed by atoms with Crippen LogP contribution in [-0.4, -0.2) is 21.5 Å². The van der Waals surface area contributed by atoms with Crippen molar-refractivity contribution in [1.29, 1.82) is 0 Å². The van der Waals surface area contributed by atoms with Crippen LogP contribution in [0.3, 0.4) is 0 Å². The molecule has 1 aromatic heterocycles. The molecule has 1 aromatic carbocycles. The molecule has 0 radical (unpaired) electrons. The molecule has 2 rings (SSSR count). The third kappa shape index (κ3) is 3.33. The first-order valence-corrected chi connectivity index (χ1v) is 6.19. The van der Waals surface area contributed by atoms with E-state index in [9.17, 15) is 5.11 Å². The maximum Gasteiger partial charge on any atom is 0.146 e. The standard InChI is InChI=1S/C15H16N2O3/c1-11-15(18)14(8-17-19)13(7-16-11)10-20-9-12-5-3-2-4-6-12/h2-8,18-19H,9-10H2,1H3. The summed E-state index contributed by atoms with van der Waals surface area (Å²) in [5.74, 6) is 0.00334. The van der Waals surface area contributed by atoms with Crippen molar-refractivity contribution >= 4 is 6.21 Å². The Hall–Kier alpha value is -2.40. The molecule has 0 aliphatic rings. The average Bonchev–Trinajstić information content (AvgIpc) is 2.47. The number of nitrogens with zero attached hydrogens (tertiary/aromatic N) is 2. The van der Waals surface area contributed by atoms with E-state index < -0.39 is 0 Å². The number of hydrogen-bond donors (Lipinski definition) is 2. The molecule has 2 aromatic rings. The van der Waals surface area contributed by atoms with Crippen LogP contribution in [0, 0.1) is 6.92 Å². The van der Waals surface area contributed by atoms with Crippen LogP contribution in [0.1, 0.15) is 22.4 Å². The van der Waals surface area contributed by atoms with Gasteiger partial charge in [0.1, 0.15) is 5.75 Å². The van der Waals surface area contributed by atoms with Gasteiger partial charge in [0.05, 0.1) is 25.1 Å². The lowest BCUT2D eigenvalue weighted by molar-refractivity contribution is 0.106. The molecule has 0 bridgehead atoms. The molecule has 0 saturated heterocycles. The van der Waals surface area contributed by atoms with Crippen molar-refractivity contribution in [2.45, 2.75) is 20.1 Å². The summed E-state index contributed by atoms with van der Waals surface area (Å²) in [7, 11) is 0. The van der Waals surface area contributed by atoms with Crippen molar-refractivity contribution in [2.75, 3.05) is 0 Å². The SMILES string of the molecule is Cc1ncc(COCc2ccccc2)c(C=NO)c1O. The van der Waals surface area contributed by atoms with Crippen LogP contribution in [0.5, 0.6) is 5.75 Å². The summed E-state index contributed by atoms with van der Waals surface area (Å²) in [6.07, 6.45) is 2.79. The molecule has 20 heavy (non-hydrogen) atoms. The highest BCUT2D eigenvalue weighted by Crippen LogP contribution is 2.22. The van der Waals surface area contributed by atoms with Crippen LogP contribution >= 0.6 is 0 Å². The van der Waals surface area contributed by atoms with E-state index in [0.29, 0.717) is 23.4 Å². The van der Waals surface area contributed by atoms with E-state index in [1.807, 2.05) is 30.3 Å². The zero-order valence-corrected chi connectivity index (χ0v) is 11.2. The van der Waals surface area contributed by atoms with Crippen molar-refractivity contribution in [3.8, 4) is 5.75 Å². The molecule has 0 unspecified atom stereocenters. The lowest BCUT2D eigenvalue weighted by Crippen LogP contribution is -2.01. The fourth-order valence-electron chi connectivity index (χ4n) is 1.82. The van der Waals surface area contributed by atoms with Gasteiger partial charge in [0.2, 0.25) is 0 Å². The second-order valence-electron chi connectivity index (χ2n) is 4.35. The van der Waals surface area contributed by atoms with E-state index in [4.69, 9.17) is 9.94 Å². The summed E-state index contributed by atoms with van der Waals surface area (Å²) < 4.78 is 5.59. The number of oxime groups is 1. The Kier molecular flexibility index (Phi) is 4.68. The Bertz CT molecular complexity index is 598. The number of rotatable bonds is 5. The first-order chi connectivity index (χ1) is 9.72. The largest absolute Gasteiger partial charge is 0.505 e. The molecule has 0 fully saturated rings. The molecule has 0 aliphatic carbocycles. The van der Waals surface area contributed by atoms with Crippen LogP contribution in [0.4, 0.5) is 0 Å². The van der Waals surface area contributed by atoms with Gasteiger partial charge < -0.3 is 15.1 Å². The molecule has 0 atom stereocenters.